The van der Waals surface area contributed by atoms with Gasteiger partial charge in [0.25, 0.3) is 0 Å². The van der Waals surface area contributed by atoms with E-state index < -0.39 is 0 Å². The summed E-state index contributed by atoms with van der Waals surface area (Å²) in [5, 5.41) is 0. The Morgan fingerprint density at radius 2 is 2.08 bits per heavy atom. The lowest BCUT2D eigenvalue weighted by Gasteiger charge is -2.24. The molecule has 4 heteroatoms. The van der Waals surface area contributed by atoms with E-state index in [-0.39, 0.29) is 0 Å². The van der Waals surface area contributed by atoms with Crippen LogP contribution in [0.3, 0.4) is 0 Å². The van der Waals surface area contributed by atoms with Gasteiger partial charge in [0.2, 0.25) is 0 Å². The van der Waals surface area contributed by atoms with Crippen LogP contribution >= 0.6 is 11.8 Å². The van der Waals surface area contributed by atoms with Crippen molar-refractivity contribution in [3.05, 3.63) is 6.08 Å². The summed E-state index contributed by atoms with van der Waals surface area (Å²) >= 11 is 5.80. The molecule has 0 aromatic carbocycles. The number of nitrogens with zero attached hydrogens (tertiary/aromatic N) is 2. The molecule has 0 saturated carbocycles. The Kier molecular flexibility index (Phi) is 6.00. The molecule has 0 N–H and O–H groups in total. The van der Waals surface area contributed by atoms with E-state index in [9.17, 15) is 4.79 Å². The molecule has 3 nitrogen and oxygen atoms in total. The third-order valence-electron chi connectivity index (χ3n) is 1.60. The fourth-order valence-electron chi connectivity index (χ4n) is 0.944. The number of hydrogen-bond donors (Lipinski definition) is 0. The molecule has 0 heterocycles. The van der Waals surface area contributed by atoms with Crippen LogP contribution in [-0.4, -0.2) is 55.6 Å². The highest BCUT2D eigenvalue weighted by molar-refractivity contribution is 6.13. The minimum atomic E-state index is 0.474. The molecule has 0 saturated heterocycles. The summed E-state index contributed by atoms with van der Waals surface area (Å²) in [5.74, 6) is 1.70. The molecule has 0 aliphatic carbocycles. The van der Waals surface area contributed by atoms with Gasteiger partial charge in [-0.15, -0.1) is 0 Å². The molecule has 0 spiro atoms. The van der Waals surface area contributed by atoms with E-state index in [1.54, 1.807) is 10.4 Å². The number of carbonyl (C=O) groups excluding carboxylic acids is 1. The van der Waals surface area contributed by atoms with Crippen LogP contribution in [0.1, 0.15) is 6.42 Å². The van der Waals surface area contributed by atoms with E-state index in [1.807, 2.05) is 0 Å². The zero-order chi connectivity index (χ0) is 10.3. The second-order valence-electron chi connectivity index (χ2n) is 4.06. The van der Waals surface area contributed by atoms with E-state index in [1.165, 1.54) is 6.08 Å². The van der Waals surface area contributed by atoms with Gasteiger partial charge >= 0.3 is 0 Å². The monoisotopic (exact) mass is 205 g/mol. The van der Waals surface area contributed by atoms with Gasteiger partial charge in [-0.2, -0.15) is 0 Å². The Hall–Kier alpha value is -0.340. The number of hydrogen-bond acceptors (Lipinski definition) is 2. The number of rotatable bonds is 6. The van der Waals surface area contributed by atoms with Gasteiger partial charge in [-0.25, -0.2) is 9.21 Å². The molecule has 0 aromatic rings. The van der Waals surface area contributed by atoms with Crippen molar-refractivity contribution in [1.29, 1.82) is 0 Å². The minimum absolute atomic E-state index is 0.474. The van der Waals surface area contributed by atoms with Crippen LogP contribution in [0.5, 0.6) is 0 Å². The van der Waals surface area contributed by atoms with E-state index >= 15 is 0 Å². The van der Waals surface area contributed by atoms with Crippen molar-refractivity contribution in [2.24, 2.45) is 0 Å². The van der Waals surface area contributed by atoms with E-state index in [2.05, 4.69) is 21.1 Å². The fourth-order valence-corrected chi connectivity index (χ4v) is 1.13. The van der Waals surface area contributed by atoms with Crippen LogP contribution in [0.25, 0.3) is 0 Å². The minimum Gasteiger partial charge on any atom is -0.331 e. The Balaban J connectivity index is 3.47. The summed E-state index contributed by atoms with van der Waals surface area (Å²) in [5.41, 5.74) is 0. The standard InChI is InChI=1S/C9H18ClN2O/c1-12(2,3)8-4-6-11(10)7-5-9-13/h5H,4,6-8H2,1-3H3/q+1. The van der Waals surface area contributed by atoms with Gasteiger partial charge in [-0.3, -0.25) is 0 Å². The highest BCUT2D eigenvalue weighted by atomic mass is 35.5. The summed E-state index contributed by atoms with van der Waals surface area (Å²) in [4.78, 5) is 9.87. The SMILES string of the molecule is C[N+](C)(C)CCCN(Cl)CC=C=O. The van der Waals surface area contributed by atoms with Crippen LogP contribution in [-0.2, 0) is 4.79 Å². The third kappa shape index (κ3) is 9.57. The first-order valence-corrected chi connectivity index (χ1v) is 4.70. The van der Waals surface area contributed by atoms with Crippen LogP contribution in [0.4, 0.5) is 0 Å². The summed E-state index contributed by atoms with van der Waals surface area (Å²) in [6, 6.07) is 0. The van der Waals surface area contributed by atoms with Crippen molar-refractivity contribution < 1.29 is 9.28 Å². The zero-order valence-electron chi connectivity index (χ0n) is 8.59. The van der Waals surface area contributed by atoms with Gasteiger partial charge in [0.15, 0.2) is 0 Å². The molecule has 0 fully saturated rings. The van der Waals surface area contributed by atoms with Crippen LogP contribution in [0.15, 0.2) is 6.08 Å². The average molecular weight is 206 g/mol. The molecule has 0 bridgehead atoms. The van der Waals surface area contributed by atoms with E-state index in [0.717, 1.165) is 24.0 Å². The van der Waals surface area contributed by atoms with Crippen molar-refractivity contribution in [3.8, 4) is 0 Å². The van der Waals surface area contributed by atoms with Gasteiger partial charge in [0, 0.05) is 25.6 Å². The zero-order valence-corrected chi connectivity index (χ0v) is 9.34. The van der Waals surface area contributed by atoms with E-state index in [0.29, 0.717) is 6.54 Å². The summed E-state index contributed by atoms with van der Waals surface area (Å²) in [6.07, 6.45) is 2.42. The normalized spacial score (nSPS) is 11.5. The summed E-state index contributed by atoms with van der Waals surface area (Å²) < 4.78 is 2.54. The number of halogens is 1. The van der Waals surface area contributed by atoms with Gasteiger partial charge in [0.05, 0.1) is 27.7 Å². The number of quaternary nitrogens is 1. The van der Waals surface area contributed by atoms with Crippen LogP contribution < -0.4 is 0 Å². The average Bonchev–Trinajstić information content (AvgIpc) is 1.98. The van der Waals surface area contributed by atoms with Gasteiger partial charge in [-0.1, -0.05) is 0 Å². The lowest BCUT2D eigenvalue weighted by molar-refractivity contribution is -0.870. The highest BCUT2D eigenvalue weighted by Gasteiger charge is 2.07. The second-order valence-corrected chi connectivity index (χ2v) is 4.54. The molecule has 0 aliphatic heterocycles. The Bertz CT molecular complexity index is 183. The second kappa shape index (κ2) is 6.17. The summed E-state index contributed by atoms with van der Waals surface area (Å²) in [6.45, 7) is 2.35. The Labute approximate surface area is 85.3 Å². The molecule has 13 heavy (non-hydrogen) atoms. The molecular weight excluding hydrogens is 188 g/mol. The lowest BCUT2D eigenvalue weighted by atomic mass is 10.3. The fraction of sp³-hybridized carbons (Fsp3) is 0.778. The van der Waals surface area contributed by atoms with Crippen molar-refractivity contribution in [2.45, 2.75) is 6.42 Å². The maximum Gasteiger partial charge on any atom is 0.121 e. The predicted octanol–water partition coefficient (Wildman–Crippen LogP) is 0.926. The first kappa shape index (κ1) is 12.7. The Morgan fingerprint density at radius 1 is 1.46 bits per heavy atom. The molecule has 76 valence electrons. The largest absolute Gasteiger partial charge is 0.331 e. The van der Waals surface area contributed by atoms with Gasteiger partial charge in [-0.05, 0) is 11.8 Å². The lowest BCUT2D eigenvalue weighted by Crippen LogP contribution is -2.36. The first-order valence-electron chi connectivity index (χ1n) is 4.36. The molecule has 0 atom stereocenters. The van der Waals surface area contributed by atoms with Crippen LogP contribution in [0.2, 0.25) is 0 Å². The van der Waals surface area contributed by atoms with Crippen molar-refractivity contribution >= 4 is 17.7 Å². The predicted molar refractivity (Wildman–Crippen MR) is 55.2 cm³/mol. The molecule has 0 radical (unpaired) electrons. The summed E-state index contributed by atoms with van der Waals surface area (Å²) in [7, 11) is 6.43. The smallest absolute Gasteiger partial charge is 0.121 e. The molecule has 0 rings (SSSR count). The van der Waals surface area contributed by atoms with Crippen molar-refractivity contribution in [2.75, 3.05) is 40.8 Å². The highest BCUT2D eigenvalue weighted by Crippen LogP contribution is 1.99. The molecule has 0 aliphatic rings. The van der Waals surface area contributed by atoms with Gasteiger partial charge < -0.3 is 4.48 Å². The topological polar surface area (TPSA) is 20.3 Å². The first-order chi connectivity index (χ1) is 5.95. The van der Waals surface area contributed by atoms with Crippen LogP contribution in [0, 0.1) is 0 Å². The molecule has 0 amide bonds. The van der Waals surface area contributed by atoms with Gasteiger partial charge in [0.1, 0.15) is 5.94 Å². The van der Waals surface area contributed by atoms with E-state index in [4.69, 9.17) is 11.8 Å². The molecule has 0 unspecified atom stereocenters. The quantitative estimate of drug-likeness (QED) is 0.365. The third-order valence-corrected chi connectivity index (χ3v) is 1.91. The van der Waals surface area contributed by atoms with Crippen molar-refractivity contribution in [3.63, 3.8) is 0 Å². The Morgan fingerprint density at radius 3 is 2.54 bits per heavy atom. The molecule has 0 aromatic heterocycles. The maximum atomic E-state index is 9.87. The molecular formula is C9H18ClN2O+. The maximum absolute atomic E-state index is 9.87. The van der Waals surface area contributed by atoms with Crippen molar-refractivity contribution in [1.82, 2.24) is 4.42 Å².